The maximum atomic E-state index is 12.6. The van der Waals surface area contributed by atoms with Crippen LogP contribution >= 0.6 is 22.9 Å². The zero-order valence-corrected chi connectivity index (χ0v) is 21.8. The number of hydrogen-bond donors (Lipinski definition) is 3. The van der Waals surface area contributed by atoms with Gasteiger partial charge >= 0.3 is 5.97 Å². The molecule has 0 saturated carbocycles. The van der Waals surface area contributed by atoms with Crippen molar-refractivity contribution < 1.29 is 14.7 Å². The lowest BCUT2D eigenvalue weighted by Gasteiger charge is -2.25. The van der Waals surface area contributed by atoms with Crippen LogP contribution in [-0.2, 0) is 11.3 Å². The smallest absolute Gasteiger partial charge is 0.305 e. The van der Waals surface area contributed by atoms with Crippen LogP contribution in [-0.4, -0.2) is 23.5 Å². The van der Waals surface area contributed by atoms with Crippen molar-refractivity contribution in [2.45, 2.75) is 31.3 Å². The van der Waals surface area contributed by atoms with Gasteiger partial charge in [0.05, 0.1) is 11.3 Å². The van der Waals surface area contributed by atoms with Gasteiger partial charge in [0.25, 0.3) is 5.91 Å². The average molecular weight is 533 g/mol. The number of carbonyl (C=O) groups excluding carboxylic acids is 1. The number of carboxylic acids is 1. The van der Waals surface area contributed by atoms with E-state index in [-0.39, 0.29) is 30.8 Å². The van der Waals surface area contributed by atoms with E-state index in [0.29, 0.717) is 16.4 Å². The van der Waals surface area contributed by atoms with Gasteiger partial charge in [-0.25, -0.2) is 0 Å². The first-order valence-corrected chi connectivity index (χ1v) is 13.4. The molecule has 4 aromatic rings. The van der Waals surface area contributed by atoms with Gasteiger partial charge in [0.2, 0.25) is 0 Å². The molecule has 5 nitrogen and oxygen atoms in total. The Kier molecular flexibility index (Phi) is 9.49. The summed E-state index contributed by atoms with van der Waals surface area (Å²) in [6, 6.07) is 32.4. The molecule has 37 heavy (non-hydrogen) atoms. The van der Waals surface area contributed by atoms with E-state index >= 15 is 0 Å². The first-order chi connectivity index (χ1) is 18.0. The molecule has 1 heterocycles. The van der Waals surface area contributed by atoms with Crippen LogP contribution in [0, 0.1) is 0 Å². The summed E-state index contributed by atoms with van der Waals surface area (Å²) in [7, 11) is 0. The molecular weight excluding hydrogens is 504 g/mol. The van der Waals surface area contributed by atoms with E-state index in [1.54, 1.807) is 6.07 Å². The highest BCUT2D eigenvalue weighted by Crippen LogP contribution is 2.36. The molecule has 0 saturated heterocycles. The van der Waals surface area contributed by atoms with Crippen LogP contribution in [0.2, 0.25) is 5.02 Å². The van der Waals surface area contributed by atoms with Crippen molar-refractivity contribution in [3.8, 4) is 0 Å². The standard InChI is InChI=1S/C30H29ClN2O3S/c31-25-14-8-7-13-23(25)20-33-26(27-15-16-28(37-27)30(36)32-18-17-29(34)35)19-24(21-9-3-1-4-10-21)22-11-5-2-6-12-22/h1-16,24,26,33H,17-20H2,(H,32,36)(H,34,35). The third-order valence-corrected chi connectivity index (χ3v) is 7.76. The molecule has 1 atom stereocenters. The van der Waals surface area contributed by atoms with Crippen LogP contribution in [0.1, 0.15) is 56.0 Å². The van der Waals surface area contributed by atoms with Gasteiger partial charge in [-0.05, 0) is 41.3 Å². The summed E-state index contributed by atoms with van der Waals surface area (Å²) in [5.41, 5.74) is 3.45. The molecule has 190 valence electrons. The number of nitrogens with one attached hydrogen (secondary N) is 2. The Morgan fingerprint density at radius 1 is 0.838 bits per heavy atom. The molecule has 1 amide bonds. The average Bonchev–Trinajstić information content (AvgIpc) is 3.41. The zero-order valence-electron chi connectivity index (χ0n) is 20.3. The van der Waals surface area contributed by atoms with Crippen LogP contribution in [0.15, 0.2) is 97.1 Å². The van der Waals surface area contributed by atoms with Gasteiger partial charge < -0.3 is 15.7 Å². The highest BCUT2D eigenvalue weighted by atomic mass is 35.5. The van der Waals surface area contributed by atoms with Crippen molar-refractivity contribution in [1.82, 2.24) is 10.6 Å². The van der Waals surface area contributed by atoms with Gasteiger partial charge in [-0.3, -0.25) is 9.59 Å². The molecule has 4 rings (SSSR count). The number of aliphatic carboxylic acids is 1. The molecule has 7 heteroatoms. The number of halogens is 1. The van der Waals surface area contributed by atoms with Crippen LogP contribution in [0.4, 0.5) is 0 Å². The molecule has 0 fully saturated rings. The van der Waals surface area contributed by atoms with Gasteiger partial charge in [0, 0.05) is 34.9 Å². The van der Waals surface area contributed by atoms with E-state index in [9.17, 15) is 9.59 Å². The summed E-state index contributed by atoms with van der Waals surface area (Å²) in [6.45, 7) is 0.679. The molecule has 1 unspecified atom stereocenters. The predicted octanol–water partition coefficient (Wildman–Crippen LogP) is 6.66. The Morgan fingerprint density at radius 2 is 1.46 bits per heavy atom. The Morgan fingerprint density at radius 3 is 2.08 bits per heavy atom. The lowest BCUT2D eigenvalue weighted by atomic mass is 9.85. The summed E-state index contributed by atoms with van der Waals surface area (Å²) < 4.78 is 0. The molecular formula is C30H29ClN2O3S. The third kappa shape index (κ3) is 7.52. The molecule has 0 aliphatic heterocycles. The maximum Gasteiger partial charge on any atom is 0.305 e. The van der Waals surface area contributed by atoms with Gasteiger partial charge in [-0.15, -0.1) is 11.3 Å². The number of benzene rings is 3. The van der Waals surface area contributed by atoms with E-state index in [4.69, 9.17) is 16.7 Å². The Bertz CT molecular complexity index is 1270. The van der Waals surface area contributed by atoms with Gasteiger partial charge in [-0.1, -0.05) is 90.5 Å². The maximum absolute atomic E-state index is 12.6. The fourth-order valence-electron chi connectivity index (χ4n) is 4.28. The fraction of sp³-hybridized carbons (Fsp3) is 0.200. The SMILES string of the molecule is O=C(O)CCNC(=O)c1ccc(C(CC(c2ccccc2)c2ccccc2)NCc2ccccc2Cl)s1. The monoisotopic (exact) mass is 532 g/mol. The van der Waals surface area contributed by atoms with Gasteiger partial charge in [-0.2, -0.15) is 0 Å². The molecule has 0 bridgehead atoms. The summed E-state index contributed by atoms with van der Waals surface area (Å²) in [5.74, 6) is -1.06. The largest absolute Gasteiger partial charge is 0.481 e. The molecule has 3 N–H and O–H groups in total. The topological polar surface area (TPSA) is 78.4 Å². The quantitative estimate of drug-likeness (QED) is 0.191. The minimum Gasteiger partial charge on any atom is -0.481 e. The number of carboxylic acid groups (broad SMARTS) is 1. The van der Waals surface area contributed by atoms with Crippen molar-refractivity contribution in [1.29, 1.82) is 0 Å². The molecule has 3 aromatic carbocycles. The lowest BCUT2D eigenvalue weighted by Crippen LogP contribution is -2.25. The van der Waals surface area contributed by atoms with Crippen LogP contribution in [0.25, 0.3) is 0 Å². The Labute approximate surface area is 226 Å². The highest BCUT2D eigenvalue weighted by molar-refractivity contribution is 7.14. The van der Waals surface area contributed by atoms with E-state index < -0.39 is 5.97 Å². The summed E-state index contributed by atoms with van der Waals surface area (Å²) in [6.07, 6.45) is 0.668. The number of thiophene rings is 1. The van der Waals surface area contributed by atoms with Gasteiger partial charge in [0.15, 0.2) is 0 Å². The van der Waals surface area contributed by atoms with Crippen molar-refractivity contribution in [3.05, 3.63) is 129 Å². The Balaban J connectivity index is 1.61. The normalized spacial score (nSPS) is 11.8. The van der Waals surface area contributed by atoms with Crippen molar-refractivity contribution in [2.24, 2.45) is 0 Å². The number of rotatable bonds is 12. The molecule has 1 aromatic heterocycles. The van der Waals surface area contributed by atoms with E-state index in [1.165, 1.54) is 22.5 Å². The first kappa shape index (κ1) is 26.6. The Hall–Kier alpha value is -3.45. The summed E-state index contributed by atoms with van der Waals surface area (Å²) in [4.78, 5) is 25.0. The van der Waals surface area contributed by atoms with Crippen LogP contribution in [0.3, 0.4) is 0 Å². The van der Waals surface area contributed by atoms with Crippen molar-refractivity contribution >= 4 is 34.8 Å². The molecule has 0 aliphatic carbocycles. The zero-order chi connectivity index (χ0) is 26.0. The van der Waals surface area contributed by atoms with E-state index in [0.717, 1.165) is 16.9 Å². The van der Waals surface area contributed by atoms with Crippen molar-refractivity contribution in [2.75, 3.05) is 6.54 Å². The van der Waals surface area contributed by atoms with E-state index in [1.807, 2.05) is 42.5 Å². The second kappa shape index (κ2) is 13.2. The number of carbonyl (C=O) groups is 2. The van der Waals surface area contributed by atoms with Crippen LogP contribution in [0.5, 0.6) is 0 Å². The van der Waals surface area contributed by atoms with Gasteiger partial charge in [0.1, 0.15) is 0 Å². The fourth-order valence-corrected chi connectivity index (χ4v) is 5.49. The summed E-state index contributed by atoms with van der Waals surface area (Å²) in [5, 5.41) is 15.9. The highest BCUT2D eigenvalue weighted by Gasteiger charge is 2.23. The summed E-state index contributed by atoms with van der Waals surface area (Å²) >= 11 is 7.86. The second-order valence-corrected chi connectivity index (χ2v) is 10.3. The minimum atomic E-state index is -0.941. The van der Waals surface area contributed by atoms with Crippen molar-refractivity contribution in [3.63, 3.8) is 0 Å². The molecule has 0 spiro atoms. The number of hydrogen-bond acceptors (Lipinski definition) is 4. The van der Waals surface area contributed by atoms with E-state index in [2.05, 4.69) is 59.2 Å². The molecule has 0 radical (unpaired) electrons. The minimum absolute atomic E-state index is 0.0488. The van der Waals surface area contributed by atoms with Crippen LogP contribution < -0.4 is 10.6 Å². The molecule has 0 aliphatic rings. The third-order valence-electron chi connectivity index (χ3n) is 6.19. The first-order valence-electron chi connectivity index (χ1n) is 12.2. The predicted molar refractivity (Wildman–Crippen MR) is 149 cm³/mol. The number of amides is 1. The second-order valence-electron chi connectivity index (χ2n) is 8.74. The lowest BCUT2D eigenvalue weighted by molar-refractivity contribution is -0.136.